The minimum Gasteiger partial charge on any atom is -0.245 e. The highest BCUT2D eigenvalue weighted by atomic mass is 19.5. The molecule has 0 unspecified atom stereocenters. The number of ether oxygens (including phenoxy) is 1. The van der Waals surface area contributed by atoms with E-state index in [2.05, 4.69) is 0 Å². The van der Waals surface area contributed by atoms with Gasteiger partial charge < -0.3 is 0 Å². The van der Waals surface area contributed by atoms with Crippen LogP contribution in [-0.2, 0) is 4.74 Å². The van der Waals surface area contributed by atoms with Crippen molar-refractivity contribution in [2.24, 2.45) is 0 Å². The van der Waals surface area contributed by atoms with Crippen molar-refractivity contribution in [3.63, 3.8) is 0 Å². The number of hydrogen-bond donors (Lipinski definition) is 0. The topological polar surface area (TPSA) is 9.23 Å². The van der Waals surface area contributed by atoms with Gasteiger partial charge in [-0.1, -0.05) is 0 Å². The minimum atomic E-state index is -9.74. The number of alkyl halides is 42. The van der Waals surface area contributed by atoms with Crippen LogP contribution >= 0.6 is 0 Å². The Morgan fingerprint density at radius 1 is 0.169 bits per heavy atom. The van der Waals surface area contributed by atoms with E-state index in [9.17, 15) is 202 Å². The fraction of sp³-hybridized carbons (Fsp3) is 0.833. The highest BCUT2D eigenvalue weighted by molar-refractivity contribution is 5.28. The van der Waals surface area contributed by atoms with Gasteiger partial charge in [-0.2, -0.15) is 184 Å². The van der Waals surface area contributed by atoms with Crippen LogP contribution in [0.3, 0.4) is 0 Å². The fourth-order valence-corrected chi connectivity index (χ4v) is 3.69. The van der Waals surface area contributed by atoms with Gasteiger partial charge in [0, 0.05) is 0 Å². The molecule has 47 heteroatoms. The SMILES string of the molecule is FC(=C(F)C(F)(F)C(F)(F)C(F)(F)C(F)(F)C(F)(F)C(F)(F)C(F)(F)F)C(F)(F)C(F)(F)C(F)(F)OC(F)(F)C(F)(F)C(F)(F)C(F)=C(F)C(F)(F)C(F)(F)C(F)(F)C(F)(F)C(F)(F)C(F)(F)C(F)(F)F. The molecule has 0 aliphatic carbocycles. The van der Waals surface area contributed by atoms with Crippen molar-refractivity contribution >= 4 is 0 Å². The first-order chi connectivity index (χ1) is 29.8. The van der Waals surface area contributed by atoms with Crippen LogP contribution in [0.2, 0.25) is 0 Å². The number of allylic oxidation sites excluding steroid dienone is 4. The van der Waals surface area contributed by atoms with Gasteiger partial charge in [-0.05, 0) is 0 Å². The maximum atomic E-state index is 13.9. The van der Waals surface area contributed by atoms with Crippen LogP contribution in [0, 0.1) is 0 Å². The van der Waals surface area contributed by atoms with Gasteiger partial charge in [0.15, 0.2) is 0 Å². The lowest BCUT2D eigenvalue weighted by Gasteiger charge is -2.41. The Labute approximate surface area is 350 Å². The Balaban J connectivity index is 7.73. The molecular weight excluding hydrogens is 1180 g/mol. The van der Waals surface area contributed by atoms with Gasteiger partial charge >= 0.3 is 119 Å². The fourth-order valence-electron chi connectivity index (χ4n) is 3.69. The lowest BCUT2D eigenvalue weighted by molar-refractivity contribution is -0.497. The minimum absolute atomic E-state index is 0.532. The van der Waals surface area contributed by atoms with Crippen LogP contribution in [-0.4, -0.2) is 119 Å². The van der Waals surface area contributed by atoms with Gasteiger partial charge in [-0.25, -0.2) is 22.3 Å². The normalized spacial score (nSPS) is 17.7. The van der Waals surface area contributed by atoms with Gasteiger partial charge in [-0.15, -0.1) is 0 Å². The summed E-state index contributed by atoms with van der Waals surface area (Å²) in [5, 5.41) is 0. The number of hydrogen-bond acceptors (Lipinski definition) is 1. The van der Waals surface area contributed by atoms with Gasteiger partial charge in [0.25, 0.3) is 0 Å². The second-order valence-electron chi connectivity index (χ2n) is 12.6. The molecule has 0 aromatic heterocycles. The van der Waals surface area contributed by atoms with E-state index < -0.39 is 143 Å². The van der Waals surface area contributed by atoms with Crippen molar-refractivity contribution in [2.75, 3.05) is 0 Å². The molecule has 0 spiro atoms. The van der Waals surface area contributed by atoms with Crippen LogP contribution in [0.4, 0.5) is 202 Å². The summed E-state index contributed by atoms with van der Waals surface area (Å²) in [6, 6.07) is 0. The smallest absolute Gasteiger partial charge is 0.245 e. The molecule has 0 rings (SSSR count). The molecule has 0 aromatic rings. The van der Waals surface area contributed by atoms with Crippen molar-refractivity contribution in [1.82, 2.24) is 0 Å². The summed E-state index contributed by atoms with van der Waals surface area (Å²) in [5.41, 5.74) is 0. The van der Waals surface area contributed by atoms with E-state index in [-0.39, 0.29) is 0 Å². The molecule has 0 bridgehead atoms. The first kappa shape index (κ1) is 67.2. The average Bonchev–Trinajstić information content (AvgIpc) is 3.13. The summed E-state index contributed by atoms with van der Waals surface area (Å²) in [5.74, 6) is -178. The molecule has 0 fully saturated rings. The predicted octanol–water partition coefficient (Wildman–Crippen LogP) is 15.8. The van der Waals surface area contributed by atoms with Crippen LogP contribution in [0.1, 0.15) is 0 Å². The largest absolute Gasteiger partial charge is 0.460 e. The third-order valence-electron chi connectivity index (χ3n) is 7.92. The molecule has 0 aliphatic heterocycles. The van der Waals surface area contributed by atoms with E-state index in [4.69, 9.17) is 0 Å². The molecule has 71 heavy (non-hydrogen) atoms. The maximum absolute atomic E-state index is 13.9. The summed E-state index contributed by atoms with van der Waals surface area (Å²) in [4.78, 5) is 0. The summed E-state index contributed by atoms with van der Waals surface area (Å²) >= 11 is 0. The second kappa shape index (κ2) is 16.9. The lowest BCUT2D eigenvalue weighted by Crippen LogP contribution is -2.72. The van der Waals surface area contributed by atoms with Crippen LogP contribution in [0.5, 0.6) is 0 Å². The highest BCUT2D eigenvalue weighted by Crippen LogP contribution is 2.67. The Hall–Kier alpha value is -3.78. The molecule has 0 aromatic carbocycles. The van der Waals surface area contributed by atoms with Crippen molar-refractivity contribution < 1.29 is 207 Å². The van der Waals surface area contributed by atoms with Gasteiger partial charge in [0.05, 0.1) is 0 Å². The van der Waals surface area contributed by atoms with Crippen molar-refractivity contribution in [1.29, 1.82) is 0 Å². The van der Waals surface area contributed by atoms with Gasteiger partial charge in [0.1, 0.15) is 0 Å². The zero-order valence-electron chi connectivity index (χ0n) is 29.8. The molecule has 0 heterocycles. The van der Waals surface area contributed by atoms with Crippen molar-refractivity contribution in [2.45, 2.75) is 119 Å². The zero-order chi connectivity index (χ0) is 59.0. The number of rotatable bonds is 20. The maximum Gasteiger partial charge on any atom is 0.460 e. The summed E-state index contributed by atoms with van der Waals surface area (Å²) < 4.78 is 617. The van der Waals surface area contributed by atoms with Crippen LogP contribution < -0.4 is 0 Å². The molecule has 0 radical (unpaired) electrons. The third-order valence-corrected chi connectivity index (χ3v) is 7.92. The first-order valence-corrected chi connectivity index (χ1v) is 14.6. The van der Waals surface area contributed by atoms with Crippen LogP contribution in [0.25, 0.3) is 0 Å². The molecule has 0 amide bonds. The van der Waals surface area contributed by atoms with E-state index >= 15 is 0 Å². The molecular formula is C24F46O. The Kier molecular flexibility index (Phi) is 16.0. The lowest BCUT2D eigenvalue weighted by atomic mass is 9.90. The Morgan fingerprint density at radius 2 is 0.296 bits per heavy atom. The standard InChI is InChI=1S/C24F46O/c25-1(5(29,30)9(37,38)13(45,46)15(49,50)17(53,54)19(57,58)21(61,62)63)3(27)7(33,34)11(41,42)23(67,68)71-24(69,70)12(43,44)8(35,36)4(28)2(26)6(31,32)10(39,40)14(47,48)16(51,52)18(55,56)20(59,60)22(64,65)66. The molecule has 424 valence electrons. The van der Waals surface area contributed by atoms with Crippen molar-refractivity contribution in [3.05, 3.63) is 23.3 Å². The predicted molar refractivity (Wildman–Crippen MR) is 121 cm³/mol. The van der Waals surface area contributed by atoms with Crippen LogP contribution in [0.15, 0.2) is 23.3 Å². The monoisotopic (exact) mass is 1180 g/mol. The molecule has 0 aliphatic rings. The second-order valence-corrected chi connectivity index (χ2v) is 12.6. The number of halogens is 46. The van der Waals surface area contributed by atoms with E-state index in [1.807, 2.05) is 0 Å². The van der Waals surface area contributed by atoms with Gasteiger partial charge in [-0.3, -0.25) is 0 Å². The zero-order valence-corrected chi connectivity index (χ0v) is 29.8. The highest BCUT2D eigenvalue weighted by Gasteiger charge is 2.96. The molecule has 0 saturated heterocycles. The summed E-state index contributed by atoms with van der Waals surface area (Å²) in [7, 11) is 0. The quantitative estimate of drug-likeness (QED) is 0.110. The summed E-state index contributed by atoms with van der Waals surface area (Å²) in [6.07, 6.45) is -35.7. The molecule has 0 N–H and O–H groups in total. The van der Waals surface area contributed by atoms with E-state index in [1.54, 1.807) is 0 Å². The van der Waals surface area contributed by atoms with E-state index in [0.717, 1.165) is 0 Å². The molecule has 1 nitrogen and oxygen atoms in total. The first-order valence-electron chi connectivity index (χ1n) is 14.6. The van der Waals surface area contributed by atoms with Gasteiger partial charge in [0.2, 0.25) is 23.3 Å². The molecule has 0 saturated carbocycles. The van der Waals surface area contributed by atoms with E-state index in [0.29, 0.717) is 4.74 Å². The third kappa shape index (κ3) is 8.60. The Morgan fingerprint density at radius 3 is 0.451 bits per heavy atom. The van der Waals surface area contributed by atoms with Crippen molar-refractivity contribution in [3.8, 4) is 0 Å². The Bertz CT molecular complexity index is 1870. The van der Waals surface area contributed by atoms with E-state index in [1.165, 1.54) is 0 Å². The molecule has 0 atom stereocenters. The average molecular weight is 1180 g/mol. The summed E-state index contributed by atoms with van der Waals surface area (Å²) in [6.45, 7) is 0.